The third-order valence-corrected chi connectivity index (χ3v) is 7.18. The first-order valence-corrected chi connectivity index (χ1v) is 11.9. The Kier molecular flexibility index (Phi) is 6.53. The van der Waals surface area contributed by atoms with Crippen LogP contribution in [0.2, 0.25) is 0 Å². The summed E-state index contributed by atoms with van der Waals surface area (Å²) < 4.78 is 48.4. The van der Waals surface area contributed by atoms with Crippen molar-refractivity contribution in [2.45, 2.75) is 51.3 Å². The SMILES string of the molecule is COC(c1ccc(C(F)(F)F)c2c1NCC21CCN(c2ccccc2N=C=S)CC1)C(C)(C)C. The lowest BCUT2D eigenvalue weighted by molar-refractivity contribution is -0.138. The quantitative estimate of drug-likeness (QED) is 0.366. The van der Waals surface area contributed by atoms with Gasteiger partial charge in [-0.25, -0.2) is 0 Å². The first kappa shape index (κ1) is 24.7. The van der Waals surface area contributed by atoms with Crippen molar-refractivity contribution in [2.75, 3.05) is 37.0 Å². The van der Waals surface area contributed by atoms with Gasteiger partial charge in [0, 0.05) is 43.4 Å². The van der Waals surface area contributed by atoms with Gasteiger partial charge < -0.3 is 15.0 Å². The Balaban J connectivity index is 1.75. The van der Waals surface area contributed by atoms with Crippen molar-refractivity contribution in [2.24, 2.45) is 10.4 Å². The molecule has 2 aliphatic heterocycles. The van der Waals surface area contributed by atoms with Crippen molar-refractivity contribution in [3.8, 4) is 0 Å². The fraction of sp³-hybridized carbons (Fsp3) is 0.500. The van der Waals surface area contributed by atoms with Gasteiger partial charge in [0.25, 0.3) is 0 Å². The highest BCUT2D eigenvalue weighted by atomic mass is 32.1. The molecule has 2 heterocycles. The van der Waals surface area contributed by atoms with Crippen LogP contribution in [0.5, 0.6) is 0 Å². The van der Waals surface area contributed by atoms with E-state index >= 15 is 0 Å². The van der Waals surface area contributed by atoms with Gasteiger partial charge in [-0.15, -0.1) is 0 Å². The van der Waals surface area contributed by atoms with Gasteiger partial charge in [0.2, 0.25) is 0 Å². The lowest BCUT2D eigenvalue weighted by Gasteiger charge is -2.41. The van der Waals surface area contributed by atoms with Crippen LogP contribution < -0.4 is 10.2 Å². The molecule has 1 N–H and O–H groups in total. The Labute approximate surface area is 204 Å². The molecule has 1 atom stereocenters. The van der Waals surface area contributed by atoms with E-state index in [1.54, 1.807) is 13.2 Å². The molecule has 0 radical (unpaired) electrons. The maximum Gasteiger partial charge on any atom is 0.416 e. The number of hydrogen-bond donors (Lipinski definition) is 1. The number of halogens is 3. The summed E-state index contributed by atoms with van der Waals surface area (Å²) in [5, 5.41) is 5.79. The number of rotatable bonds is 4. The minimum atomic E-state index is -4.43. The lowest BCUT2D eigenvalue weighted by Crippen LogP contribution is -2.44. The summed E-state index contributed by atoms with van der Waals surface area (Å²) in [4.78, 5) is 6.34. The Morgan fingerprint density at radius 2 is 1.79 bits per heavy atom. The molecule has 182 valence electrons. The van der Waals surface area contributed by atoms with Gasteiger partial charge in [-0.05, 0) is 54.2 Å². The fourth-order valence-electron chi connectivity index (χ4n) is 5.59. The van der Waals surface area contributed by atoms with E-state index in [-0.39, 0.29) is 11.5 Å². The number of para-hydroxylation sites is 2. The van der Waals surface area contributed by atoms with Gasteiger partial charge in [0.05, 0.1) is 28.2 Å². The summed E-state index contributed by atoms with van der Waals surface area (Å²) in [5.74, 6) is 0. The Bertz CT molecular complexity index is 1110. The van der Waals surface area contributed by atoms with Crippen LogP contribution in [0.15, 0.2) is 41.4 Å². The van der Waals surface area contributed by atoms with Crippen molar-refractivity contribution >= 4 is 34.4 Å². The Morgan fingerprint density at radius 3 is 2.38 bits per heavy atom. The summed E-state index contributed by atoms with van der Waals surface area (Å²) in [5.41, 5.74) is 2.03. The first-order valence-electron chi connectivity index (χ1n) is 11.4. The highest BCUT2D eigenvalue weighted by Gasteiger charge is 2.49. The standard InChI is InChI=1S/C26H30F3N3OS/c1-24(2,3)23(33-4)17-9-10-18(26(27,28)29)21-22(17)30-15-25(21)11-13-32(14-12-25)20-8-6-5-7-19(20)31-16-34/h5-10,23,30H,11-15H2,1-4H3. The minimum absolute atomic E-state index is 0.269. The summed E-state index contributed by atoms with van der Waals surface area (Å²) in [6.45, 7) is 7.84. The van der Waals surface area contributed by atoms with Crippen LogP contribution in [0.3, 0.4) is 0 Å². The van der Waals surface area contributed by atoms with Crippen LogP contribution in [0.4, 0.5) is 30.2 Å². The predicted molar refractivity (Wildman–Crippen MR) is 133 cm³/mol. The molecule has 2 aliphatic rings. The predicted octanol–water partition coefficient (Wildman–Crippen LogP) is 7.14. The van der Waals surface area contributed by atoms with E-state index in [2.05, 4.69) is 20.4 Å². The van der Waals surface area contributed by atoms with Crippen LogP contribution >= 0.6 is 12.2 Å². The zero-order valence-corrected chi connectivity index (χ0v) is 20.7. The second kappa shape index (κ2) is 8.99. The van der Waals surface area contributed by atoms with Gasteiger partial charge in [0.15, 0.2) is 0 Å². The van der Waals surface area contributed by atoms with Gasteiger partial charge in [-0.2, -0.15) is 18.2 Å². The number of ether oxygens (including phenoxy) is 1. The third kappa shape index (κ3) is 4.35. The number of alkyl halides is 3. The van der Waals surface area contributed by atoms with E-state index in [4.69, 9.17) is 17.0 Å². The Morgan fingerprint density at radius 1 is 1.12 bits per heavy atom. The third-order valence-electron chi connectivity index (χ3n) is 7.09. The topological polar surface area (TPSA) is 36.9 Å². The number of hydrogen-bond acceptors (Lipinski definition) is 5. The zero-order valence-electron chi connectivity index (χ0n) is 19.9. The molecule has 0 aliphatic carbocycles. The molecule has 1 saturated heterocycles. The van der Waals surface area contributed by atoms with Crippen molar-refractivity contribution < 1.29 is 17.9 Å². The van der Waals surface area contributed by atoms with Crippen molar-refractivity contribution in [3.63, 3.8) is 0 Å². The van der Waals surface area contributed by atoms with E-state index < -0.39 is 17.2 Å². The molecule has 34 heavy (non-hydrogen) atoms. The highest BCUT2D eigenvalue weighted by molar-refractivity contribution is 7.78. The van der Waals surface area contributed by atoms with Crippen LogP contribution in [-0.4, -0.2) is 31.9 Å². The van der Waals surface area contributed by atoms with Crippen molar-refractivity contribution in [3.05, 3.63) is 53.1 Å². The molecule has 2 aromatic carbocycles. The number of aliphatic imine (C=N–C) groups is 1. The summed E-state index contributed by atoms with van der Waals surface area (Å²) in [6.07, 6.45) is -3.56. The van der Waals surface area contributed by atoms with Crippen molar-refractivity contribution in [1.82, 2.24) is 0 Å². The van der Waals surface area contributed by atoms with Crippen LogP contribution in [0, 0.1) is 5.41 Å². The van der Waals surface area contributed by atoms with E-state index in [9.17, 15) is 13.2 Å². The van der Waals surface area contributed by atoms with Gasteiger partial charge in [0.1, 0.15) is 0 Å². The second-order valence-electron chi connectivity index (χ2n) is 10.2. The normalized spacial score (nSPS) is 18.3. The molecule has 8 heteroatoms. The molecule has 0 aromatic heterocycles. The zero-order chi connectivity index (χ0) is 24.7. The molecule has 4 nitrogen and oxygen atoms in total. The number of thiocarbonyl (C=S) groups is 1. The highest BCUT2D eigenvalue weighted by Crippen LogP contribution is 2.53. The summed E-state index contributed by atoms with van der Waals surface area (Å²) >= 11 is 4.78. The Hall–Kier alpha value is -2.41. The van der Waals surface area contributed by atoms with E-state index in [1.165, 1.54) is 6.07 Å². The number of isothiocyanates is 1. The van der Waals surface area contributed by atoms with E-state index in [0.29, 0.717) is 43.7 Å². The van der Waals surface area contributed by atoms with Gasteiger partial charge in [-0.1, -0.05) is 39.0 Å². The molecule has 1 unspecified atom stereocenters. The molecule has 1 fully saturated rings. The lowest BCUT2D eigenvalue weighted by atomic mass is 9.71. The van der Waals surface area contributed by atoms with Gasteiger partial charge in [-0.3, -0.25) is 0 Å². The minimum Gasteiger partial charge on any atom is -0.384 e. The average molecular weight is 490 g/mol. The molecule has 4 rings (SSSR count). The molecule has 0 amide bonds. The van der Waals surface area contributed by atoms with Crippen molar-refractivity contribution in [1.29, 1.82) is 0 Å². The maximum absolute atomic E-state index is 14.2. The van der Waals surface area contributed by atoms with Crippen LogP contribution in [-0.2, 0) is 16.3 Å². The maximum atomic E-state index is 14.2. The second-order valence-corrected chi connectivity index (χ2v) is 10.4. The number of nitrogens with one attached hydrogen (secondary N) is 1. The van der Waals surface area contributed by atoms with E-state index in [1.807, 2.05) is 45.0 Å². The number of nitrogens with zero attached hydrogens (tertiary/aromatic N) is 2. The molecule has 2 aromatic rings. The smallest absolute Gasteiger partial charge is 0.384 e. The number of methoxy groups -OCH3 is 1. The average Bonchev–Trinajstić information content (AvgIpc) is 3.13. The first-order chi connectivity index (χ1) is 16.0. The molecule has 0 bridgehead atoms. The number of anilines is 2. The van der Waals surface area contributed by atoms with E-state index in [0.717, 1.165) is 16.9 Å². The number of fused-ring (bicyclic) bond motifs is 2. The summed E-state index contributed by atoms with van der Waals surface area (Å²) in [7, 11) is 1.61. The molecular weight excluding hydrogens is 459 g/mol. The monoisotopic (exact) mass is 489 g/mol. The van der Waals surface area contributed by atoms with Crippen LogP contribution in [0.1, 0.15) is 56.4 Å². The van der Waals surface area contributed by atoms with Crippen LogP contribution in [0.25, 0.3) is 0 Å². The largest absolute Gasteiger partial charge is 0.416 e. The molecular formula is C26H30F3N3OS. The number of benzene rings is 2. The summed E-state index contributed by atoms with van der Waals surface area (Å²) in [6, 6.07) is 10.5. The van der Waals surface area contributed by atoms with Gasteiger partial charge >= 0.3 is 6.18 Å². The molecule has 0 saturated carbocycles. The fourth-order valence-corrected chi connectivity index (χ4v) is 5.68. The molecule has 1 spiro atoms. The number of piperidine rings is 1.